The number of hydrogen-bond acceptors (Lipinski definition) is 5. The summed E-state index contributed by atoms with van der Waals surface area (Å²) < 4.78 is 32.6. The molecule has 2 rings (SSSR count). The van der Waals surface area contributed by atoms with Crippen LogP contribution in [0.5, 0.6) is 5.75 Å². The number of anilines is 1. The van der Waals surface area contributed by atoms with Crippen LogP contribution in [0.15, 0.2) is 42.5 Å². The number of carbonyl (C=O) groups excluding carboxylic acids is 1. The highest BCUT2D eigenvalue weighted by Crippen LogP contribution is 2.30. The smallest absolute Gasteiger partial charge is 0.322 e. The van der Waals surface area contributed by atoms with Gasteiger partial charge in [0.05, 0.1) is 28.6 Å². The number of carbonyl (C=O) groups is 1. The van der Waals surface area contributed by atoms with Crippen molar-refractivity contribution in [3.63, 3.8) is 0 Å². The summed E-state index contributed by atoms with van der Waals surface area (Å²) in [6, 6.07) is 11.0. The van der Waals surface area contributed by atoms with E-state index in [1.54, 1.807) is 36.4 Å². The number of ether oxygens (including phenoxy) is 1. The lowest BCUT2D eigenvalue weighted by Crippen LogP contribution is -2.37. The molecule has 2 aromatic rings. The van der Waals surface area contributed by atoms with E-state index in [4.69, 9.17) is 32.1 Å². The first-order valence-corrected chi connectivity index (χ1v) is 10.7. The molecule has 0 spiro atoms. The van der Waals surface area contributed by atoms with Crippen molar-refractivity contribution in [2.75, 3.05) is 31.8 Å². The van der Waals surface area contributed by atoms with Crippen LogP contribution in [0.3, 0.4) is 0 Å². The van der Waals surface area contributed by atoms with Crippen molar-refractivity contribution in [2.24, 2.45) is 0 Å². The molecule has 0 aliphatic carbocycles. The van der Waals surface area contributed by atoms with Crippen molar-refractivity contribution in [2.45, 2.75) is 6.54 Å². The van der Waals surface area contributed by atoms with Gasteiger partial charge in [-0.15, -0.1) is 0 Å². The van der Waals surface area contributed by atoms with Crippen molar-refractivity contribution in [3.8, 4) is 5.75 Å². The Morgan fingerprint density at radius 2 is 1.79 bits per heavy atom. The van der Waals surface area contributed by atoms with E-state index < -0.39 is 16.1 Å². The van der Waals surface area contributed by atoms with Crippen LogP contribution >= 0.6 is 23.2 Å². The number of urea groups is 1. The van der Waals surface area contributed by atoms with E-state index in [0.29, 0.717) is 34.4 Å². The van der Waals surface area contributed by atoms with Crippen molar-refractivity contribution in [1.29, 1.82) is 0 Å². The molecule has 0 unspecified atom stereocenters. The minimum atomic E-state index is -3.65. The molecule has 1 N–H and O–H groups in total. The second-order valence-electron chi connectivity index (χ2n) is 5.88. The molecule has 0 bridgehead atoms. The maximum Gasteiger partial charge on any atom is 0.322 e. The van der Waals surface area contributed by atoms with Gasteiger partial charge in [0.25, 0.3) is 0 Å². The Kier molecular flexibility index (Phi) is 7.94. The third-order valence-electron chi connectivity index (χ3n) is 3.57. The first-order chi connectivity index (χ1) is 13.2. The molecule has 152 valence electrons. The Morgan fingerprint density at radius 1 is 1.14 bits per heavy atom. The topological polar surface area (TPSA) is 84.9 Å². The molecule has 0 aromatic heterocycles. The van der Waals surface area contributed by atoms with E-state index in [0.717, 1.165) is 6.26 Å². The van der Waals surface area contributed by atoms with E-state index in [1.807, 2.05) is 0 Å². The van der Waals surface area contributed by atoms with Crippen LogP contribution in [0, 0.1) is 0 Å². The molecule has 0 heterocycles. The van der Waals surface area contributed by atoms with Gasteiger partial charge < -0.3 is 19.1 Å². The number of halogens is 2. The SMILES string of the molecule is COCCN(Cc1cccc(OS(C)(=O)=O)c1)C(=O)Nc1c(Cl)cccc1Cl. The minimum absolute atomic E-state index is 0.168. The molecule has 7 nitrogen and oxygen atoms in total. The van der Waals surface area contributed by atoms with Crippen LogP contribution in [0.4, 0.5) is 10.5 Å². The second kappa shape index (κ2) is 9.97. The van der Waals surface area contributed by atoms with Crippen LogP contribution in [-0.2, 0) is 21.4 Å². The molecule has 0 saturated carbocycles. The molecule has 2 aromatic carbocycles. The second-order valence-corrected chi connectivity index (χ2v) is 8.27. The summed E-state index contributed by atoms with van der Waals surface area (Å²) in [6.45, 7) is 0.795. The number of benzene rings is 2. The summed E-state index contributed by atoms with van der Waals surface area (Å²) in [6.07, 6.45) is 0.964. The van der Waals surface area contributed by atoms with Gasteiger partial charge in [0.1, 0.15) is 5.75 Å². The number of rotatable bonds is 8. The van der Waals surface area contributed by atoms with Gasteiger partial charge in [0.2, 0.25) is 0 Å². The number of nitrogens with one attached hydrogen (secondary N) is 1. The average Bonchev–Trinajstić information content (AvgIpc) is 2.60. The maximum atomic E-state index is 12.8. The highest BCUT2D eigenvalue weighted by Gasteiger charge is 2.17. The lowest BCUT2D eigenvalue weighted by atomic mass is 10.2. The quantitative estimate of drug-likeness (QED) is 0.619. The Hall–Kier alpha value is -2.00. The monoisotopic (exact) mass is 446 g/mol. The summed E-state index contributed by atoms with van der Waals surface area (Å²) in [4.78, 5) is 14.2. The van der Waals surface area contributed by atoms with Gasteiger partial charge in [-0.2, -0.15) is 8.42 Å². The van der Waals surface area contributed by atoms with Gasteiger partial charge in [-0.05, 0) is 29.8 Å². The fourth-order valence-corrected chi connectivity index (χ4v) is 3.29. The molecule has 0 saturated heterocycles. The number of para-hydroxylation sites is 1. The highest BCUT2D eigenvalue weighted by atomic mass is 35.5. The standard InChI is InChI=1S/C18H20Cl2N2O5S/c1-26-10-9-22(18(23)21-17-15(19)7-4-8-16(17)20)12-13-5-3-6-14(11-13)27-28(2,24)25/h3-8,11H,9-10,12H2,1-2H3,(H,21,23). The molecule has 2 amide bonds. The van der Waals surface area contributed by atoms with Crippen molar-refractivity contribution in [1.82, 2.24) is 4.90 Å². The fraction of sp³-hybridized carbons (Fsp3) is 0.278. The maximum absolute atomic E-state index is 12.8. The molecule has 0 atom stereocenters. The molecule has 0 fully saturated rings. The molecular weight excluding hydrogens is 427 g/mol. The average molecular weight is 447 g/mol. The zero-order chi connectivity index (χ0) is 20.7. The predicted molar refractivity (Wildman–Crippen MR) is 110 cm³/mol. The third-order valence-corrected chi connectivity index (χ3v) is 4.69. The van der Waals surface area contributed by atoms with Gasteiger partial charge in [0.15, 0.2) is 0 Å². The summed E-state index contributed by atoms with van der Waals surface area (Å²) in [5, 5.41) is 3.33. The largest absolute Gasteiger partial charge is 0.383 e. The van der Waals surface area contributed by atoms with Crippen LogP contribution < -0.4 is 9.50 Å². The van der Waals surface area contributed by atoms with Crippen LogP contribution in [0.2, 0.25) is 10.0 Å². The van der Waals surface area contributed by atoms with Crippen molar-refractivity contribution in [3.05, 3.63) is 58.1 Å². The van der Waals surface area contributed by atoms with Crippen LogP contribution in [0.25, 0.3) is 0 Å². The summed E-state index contributed by atoms with van der Waals surface area (Å²) in [7, 11) is -2.12. The van der Waals surface area contributed by atoms with Gasteiger partial charge in [0, 0.05) is 20.2 Å². The van der Waals surface area contributed by atoms with E-state index in [-0.39, 0.29) is 12.3 Å². The van der Waals surface area contributed by atoms with Gasteiger partial charge in [-0.3, -0.25) is 0 Å². The first kappa shape index (κ1) is 22.3. The number of methoxy groups -OCH3 is 1. The first-order valence-electron chi connectivity index (χ1n) is 8.17. The third kappa shape index (κ3) is 6.87. The minimum Gasteiger partial charge on any atom is -0.383 e. The van der Waals surface area contributed by atoms with Crippen molar-refractivity contribution >= 4 is 45.0 Å². The zero-order valence-electron chi connectivity index (χ0n) is 15.3. The highest BCUT2D eigenvalue weighted by molar-refractivity contribution is 7.86. The van der Waals surface area contributed by atoms with Gasteiger partial charge in [-0.1, -0.05) is 41.4 Å². The summed E-state index contributed by atoms with van der Waals surface area (Å²) >= 11 is 12.2. The number of amides is 2. The molecule has 28 heavy (non-hydrogen) atoms. The summed E-state index contributed by atoms with van der Waals surface area (Å²) in [5.74, 6) is 0.168. The molecule has 10 heteroatoms. The summed E-state index contributed by atoms with van der Waals surface area (Å²) in [5.41, 5.74) is 0.991. The normalized spacial score (nSPS) is 11.1. The van der Waals surface area contributed by atoms with Gasteiger partial charge >= 0.3 is 16.1 Å². The van der Waals surface area contributed by atoms with E-state index in [1.165, 1.54) is 18.1 Å². The number of nitrogens with zero attached hydrogens (tertiary/aromatic N) is 1. The molecule has 0 aliphatic rings. The van der Waals surface area contributed by atoms with Gasteiger partial charge in [-0.25, -0.2) is 4.79 Å². The van der Waals surface area contributed by atoms with Crippen LogP contribution in [-0.4, -0.2) is 45.9 Å². The van der Waals surface area contributed by atoms with Crippen LogP contribution in [0.1, 0.15) is 5.56 Å². The predicted octanol–water partition coefficient (Wildman–Crippen LogP) is 4.01. The zero-order valence-corrected chi connectivity index (χ0v) is 17.6. The Balaban J connectivity index is 2.19. The van der Waals surface area contributed by atoms with E-state index >= 15 is 0 Å². The lowest BCUT2D eigenvalue weighted by Gasteiger charge is -2.23. The fourth-order valence-electron chi connectivity index (χ4n) is 2.35. The number of hydrogen-bond donors (Lipinski definition) is 1. The Labute approximate surface area is 174 Å². The Morgan fingerprint density at radius 3 is 2.39 bits per heavy atom. The van der Waals surface area contributed by atoms with E-state index in [9.17, 15) is 13.2 Å². The molecule has 0 aliphatic heterocycles. The molecular formula is C18H20Cl2N2O5S. The molecule has 0 radical (unpaired) electrons. The van der Waals surface area contributed by atoms with E-state index in [2.05, 4.69) is 5.32 Å². The Bertz CT molecular complexity index is 917. The van der Waals surface area contributed by atoms with Crippen molar-refractivity contribution < 1.29 is 22.1 Å². The lowest BCUT2D eigenvalue weighted by molar-refractivity contribution is 0.153.